The van der Waals surface area contributed by atoms with Gasteiger partial charge in [-0.2, -0.15) is 0 Å². The average molecular weight is 314 g/mol. The SMILES string of the molecule is CCCCCCCC(N)c1ccc(OC)c(Br)c1. The molecule has 0 fully saturated rings. The van der Waals surface area contributed by atoms with Crippen molar-refractivity contribution in [3.05, 3.63) is 28.2 Å². The highest BCUT2D eigenvalue weighted by Gasteiger charge is 2.08. The second-order valence-electron chi connectivity index (χ2n) is 4.70. The first-order chi connectivity index (χ1) is 8.69. The van der Waals surface area contributed by atoms with E-state index >= 15 is 0 Å². The zero-order chi connectivity index (χ0) is 13.4. The van der Waals surface area contributed by atoms with Gasteiger partial charge in [0.2, 0.25) is 0 Å². The van der Waals surface area contributed by atoms with Crippen LogP contribution in [-0.2, 0) is 0 Å². The highest BCUT2D eigenvalue weighted by Crippen LogP contribution is 2.28. The molecule has 18 heavy (non-hydrogen) atoms. The molecular formula is C15H24BrNO. The van der Waals surface area contributed by atoms with Gasteiger partial charge in [-0.15, -0.1) is 0 Å². The van der Waals surface area contributed by atoms with Gasteiger partial charge in [-0.3, -0.25) is 0 Å². The normalized spacial score (nSPS) is 12.4. The van der Waals surface area contributed by atoms with Crippen LogP contribution in [0, 0.1) is 0 Å². The number of unbranched alkanes of at least 4 members (excludes halogenated alkanes) is 4. The Hall–Kier alpha value is -0.540. The molecule has 0 aliphatic heterocycles. The van der Waals surface area contributed by atoms with Crippen molar-refractivity contribution in [1.29, 1.82) is 0 Å². The zero-order valence-corrected chi connectivity index (χ0v) is 13.0. The molecule has 0 heterocycles. The number of hydrogen-bond acceptors (Lipinski definition) is 2. The van der Waals surface area contributed by atoms with Gasteiger partial charge < -0.3 is 10.5 Å². The minimum atomic E-state index is 0.133. The summed E-state index contributed by atoms with van der Waals surface area (Å²) in [6.45, 7) is 2.24. The van der Waals surface area contributed by atoms with Crippen LogP contribution in [-0.4, -0.2) is 7.11 Å². The molecule has 0 aromatic heterocycles. The minimum absolute atomic E-state index is 0.133. The fraction of sp³-hybridized carbons (Fsp3) is 0.600. The number of hydrogen-bond donors (Lipinski definition) is 1. The molecule has 2 nitrogen and oxygen atoms in total. The van der Waals surface area contributed by atoms with Gasteiger partial charge in [0.1, 0.15) is 5.75 Å². The van der Waals surface area contributed by atoms with E-state index in [9.17, 15) is 0 Å². The lowest BCUT2D eigenvalue weighted by Gasteiger charge is -2.13. The second kappa shape index (κ2) is 8.54. The Morgan fingerprint density at radius 3 is 2.56 bits per heavy atom. The highest BCUT2D eigenvalue weighted by molar-refractivity contribution is 9.10. The molecule has 1 unspecified atom stereocenters. The summed E-state index contributed by atoms with van der Waals surface area (Å²) >= 11 is 3.50. The fourth-order valence-corrected chi connectivity index (χ4v) is 2.61. The van der Waals surface area contributed by atoms with Crippen molar-refractivity contribution >= 4 is 15.9 Å². The van der Waals surface area contributed by atoms with Crippen LogP contribution < -0.4 is 10.5 Å². The summed E-state index contributed by atoms with van der Waals surface area (Å²) in [6, 6.07) is 6.22. The van der Waals surface area contributed by atoms with Gasteiger partial charge in [-0.1, -0.05) is 45.1 Å². The van der Waals surface area contributed by atoms with Crippen molar-refractivity contribution in [3.63, 3.8) is 0 Å². The van der Waals surface area contributed by atoms with E-state index in [-0.39, 0.29) is 6.04 Å². The van der Waals surface area contributed by atoms with Crippen molar-refractivity contribution < 1.29 is 4.74 Å². The van der Waals surface area contributed by atoms with Crippen LogP contribution in [0.15, 0.2) is 22.7 Å². The molecule has 2 N–H and O–H groups in total. The summed E-state index contributed by atoms with van der Waals surface area (Å²) in [5.74, 6) is 0.855. The van der Waals surface area contributed by atoms with E-state index < -0.39 is 0 Å². The van der Waals surface area contributed by atoms with Gasteiger partial charge in [0.15, 0.2) is 0 Å². The molecule has 1 atom stereocenters. The lowest BCUT2D eigenvalue weighted by molar-refractivity contribution is 0.411. The number of methoxy groups -OCH3 is 1. The Labute approximate surface area is 119 Å². The van der Waals surface area contributed by atoms with Gasteiger partial charge in [0.25, 0.3) is 0 Å². The van der Waals surface area contributed by atoms with Crippen LogP contribution in [0.5, 0.6) is 5.75 Å². The Morgan fingerprint density at radius 1 is 1.22 bits per heavy atom. The maximum atomic E-state index is 6.21. The molecule has 0 saturated carbocycles. The zero-order valence-electron chi connectivity index (χ0n) is 11.4. The average Bonchev–Trinajstić information content (AvgIpc) is 2.38. The van der Waals surface area contributed by atoms with Crippen molar-refractivity contribution in [3.8, 4) is 5.75 Å². The van der Waals surface area contributed by atoms with Gasteiger partial charge in [-0.25, -0.2) is 0 Å². The first-order valence-corrected chi connectivity index (χ1v) is 7.57. The fourth-order valence-electron chi connectivity index (χ4n) is 2.05. The van der Waals surface area contributed by atoms with Crippen molar-refractivity contribution in [2.24, 2.45) is 5.73 Å². The number of benzene rings is 1. The van der Waals surface area contributed by atoms with Crippen molar-refractivity contribution in [2.75, 3.05) is 7.11 Å². The largest absolute Gasteiger partial charge is 0.496 e. The Kier molecular flexibility index (Phi) is 7.36. The predicted octanol–water partition coefficient (Wildman–Crippen LogP) is 4.82. The first kappa shape index (κ1) is 15.5. The van der Waals surface area contributed by atoms with Crippen LogP contribution in [0.1, 0.15) is 57.1 Å². The molecule has 1 rings (SSSR count). The van der Waals surface area contributed by atoms with E-state index in [2.05, 4.69) is 35.0 Å². The molecule has 0 aliphatic carbocycles. The van der Waals surface area contributed by atoms with E-state index in [0.29, 0.717) is 0 Å². The maximum Gasteiger partial charge on any atom is 0.133 e. The molecule has 0 radical (unpaired) electrons. The molecule has 102 valence electrons. The van der Waals surface area contributed by atoms with E-state index in [0.717, 1.165) is 16.6 Å². The molecule has 0 saturated heterocycles. The van der Waals surface area contributed by atoms with Crippen LogP contribution >= 0.6 is 15.9 Å². The third-order valence-corrected chi connectivity index (χ3v) is 3.84. The number of ether oxygens (including phenoxy) is 1. The second-order valence-corrected chi connectivity index (χ2v) is 5.56. The van der Waals surface area contributed by atoms with E-state index in [4.69, 9.17) is 10.5 Å². The summed E-state index contributed by atoms with van der Waals surface area (Å²) in [5, 5.41) is 0. The summed E-state index contributed by atoms with van der Waals surface area (Å²) in [4.78, 5) is 0. The molecule has 0 amide bonds. The third kappa shape index (κ3) is 4.99. The number of nitrogens with two attached hydrogens (primary N) is 1. The standard InChI is InChI=1S/C15H24BrNO/c1-3-4-5-6-7-8-14(17)12-9-10-15(18-2)13(16)11-12/h9-11,14H,3-8,17H2,1-2H3. The summed E-state index contributed by atoms with van der Waals surface area (Å²) in [6.07, 6.45) is 7.52. The van der Waals surface area contributed by atoms with E-state index in [1.807, 2.05) is 6.07 Å². The molecule has 0 bridgehead atoms. The monoisotopic (exact) mass is 313 g/mol. The Morgan fingerprint density at radius 2 is 1.94 bits per heavy atom. The smallest absolute Gasteiger partial charge is 0.133 e. The number of halogens is 1. The minimum Gasteiger partial charge on any atom is -0.496 e. The van der Waals surface area contributed by atoms with Crippen LogP contribution in [0.25, 0.3) is 0 Å². The van der Waals surface area contributed by atoms with Crippen molar-refractivity contribution in [1.82, 2.24) is 0 Å². The lowest BCUT2D eigenvalue weighted by Crippen LogP contribution is -2.10. The summed E-state index contributed by atoms with van der Waals surface area (Å²) < 4.78 is 6.19. The van der Waals surface area contributed by atoms with Gasteiger partial charge in [0.05, 0.1) is 11.6 Å². The van der Waals surface area contributed by atoms with Crippen LogP contribution in [0.4, 0.5) is 0 Å². The summed E-state index contributed by atoms with van der Waals surface area (Å²) in [7, 11) is 1.67. The summed E-state index contributed by atoms with van der Waals surface area (Å²) in [5.41, 5.74) is 7.39. The first-order valence-electron chi connectivity index (χ1n) is 6.78. The van der Waals surface area contributed by atoms with E-state index in [1.54, 1.807) is 7.11 Å². The quantitative estimate of drug-likeness (QED) is 0.698. The predicted molar refractivity (Wildman–Crippen MR) is 81.0 cm³/mol. The molecule has 0 aliphatic rings. The topological polar surface area (TPSA) is 35.2 Å². The number of rotatable bonds is 8. The highest BCUT2D eigenvalue weighted by atomic mass is 79.9. The molecule has 1 aromatic carbocycles. The van der Waals surface area contributed by atoms with Gasteiger partial charge in [-0.05, 0) is 40.0 Å². The molecular weight excluding hydrogens is 290 g/mol. The molecule has 3 heteroatoms. The lowest BCUT2D eigenvalue weighted by atomic mass is 10.0. The van der Waals surface area contributed by atoms with Crippen LogP contribution in [0.3, 0.4) is 0 Å². The van der Waals surface area contributed by atoms with Crippen molar-refractivity contribution in [2.45, 2.75) is 51.5 Å². The van der Waals surface area contributed by atoms with Gasteiger partial charge in [0, 0.05) is 6.04 Å². The van der Waals surface area contributed by atoms with Crippen LogP contribution in [0.2, 0.25) is 0 Å². The van der Waals surface area contributed by atoms with E-state index in [1.165, 1.54) is 37.7 Å². The van der Waals surface area contributed by atoms with Gasteiger partial charge >= 0.3 is 0 Å². The Balaban J connectivity index is 2.41. The molecule has 1 aromatic rings. The Bertz CT molecular complexity index is 354. The maximum absolute atomic E-state index is 6.21. The molecule has 0 spiro atoms. The third-order valence-electron chi connectivity index (χ3n) is 3.22.